The molecule has 1 unspecified atom stereocenters. The van der Waals surface area contributed by atoms with Crippen LogP contribution in [0.2, 0.25) is 0 Å². The third-order valence-corrected chi connectivity index (χ3v) is 7.42. The molecular formula is C25H21FN6OS. The monoisotopic (exact) mass is 472 g/mol. The number of nitrogen functional groups attached to an aromatic ring is 1. The van der Waals surface area contributed by atoms with Gasteiger partial charge in [0, 0.05) is 24.5 Å². The van der Waals surface area contributed by atoms with Crippen LogP contribution in [0.4, 0.5) is 10.2 Å². The van der Waals surface area contributed by atoms with E-state index in [0.29, 0.717) is 48.2 Å². The average Bonchev–Trinajstić information content (AvgIpc) is 3.49. The number of hydrogen-bond acceptors (Lipinski definition) is 6. The fraction of sp³-hybridized carbons (Fsp3) is 0.200. The number of likely N-dealkylation sites (tertiary alicyclic amines) is 1. The van der Waals surface area contributed by atoms with Gasteiger partial charge in [0.2, 0.25) is 0 Å². The molecule has 4 heterocycles. The Labute approximate surface area is 198 Å². The third-order valence-electron chi connectivity index (χ3n) is 6.61. The van der Waals surface area contributed by atoms with E-state index in [2.05, 4.69) is 15.1 Å². The number of amides is 1. The highest BCUT2D eigenvalue weighted by molar-refractivity contribution is 7.16. The van der Waals surface area contributed by atoms with Gasteiger partial charge in [0.1, 0.15) is 5.82 Å². The largest absolute Gasteiger partial charge is 0.383 e. The molecule has 0 spiro atoms. The first kappa shape index (κ1) is 20.7. The number of rotatable bonds is 2. The number of nitrogens with two attached hydrogens (primary N) is 1. The molecule has 2 N–H and O–H groups in total. The van der Waals surface area contributed by atoms with Crippen molar-refractivity contribution in [1.82, 2.24) is 24.6 Å². The number of halogens is 1. The Hall–Kier alpha value is -3.85. The summed E-state index contributed by atoms with van der Waals surface area (Å²) in [5, 5.41) is 5.89. The van der Waals surface area contributed by atoms with Gasteiger partial charge in [-0.15, -0.1) is 11.3 Å². The molecule has 3 aromatic heterocycles. The van der Waals surface area contributed by atoms with Crippen molar-refractivity contribution >= 4 is 55.1 Å². The first-order valence-corrected chi connectivity index (χ1v) is 11.8. The van der Waals surface area contributed by atoms with Crippen LogP contribution in [0.1, 0.15) is 34.8 Å². The summed E-state index contributed by atoms with van der Waals surface area (Å²) in [5.74, 6) is 0.309. The summed E-state index contributed by atoms with van der Waals surface area (Å²) in [4.78, 5) is 24.5. The number of nitrogens with zero attached hydrogens (tertiary/aromatic N) is 5. The summed E-state index contributed by atoms with van der Waals surface area (Å²) < 4.78 is 16.3. The highest BCUT2D eigenvalue weighted by Crippen LogP contribution is 2.37. The van der Waals surface area contributed by atoms with Crippen molar-refractivity contribution in [1.29, 1.82) is 0 Å². The lowest BCUT2D eigenvalue weighted by atomic mass is 9.91. The zero-order chi connectivity index (χ0) is 23.4. The molecule has 34 heavy (non-hydrogen) atoms. The first-order valence-electron chi connectivity index (χ1n) is 11.0. The predicted molar refractivity (Wildman–Crippen MR) is 132 cm³/mol. The predicted octanol–water partition coefficient (Wildman–Crippen LogP) is 5.14. The van der Waals surface area contributed by atoms with E-state index in [0.717, 1.165) is 32.1 Å². The van der Waals surface area contributed by atoms with Crippen LogP contribution in [0.3, 0.4) is 0 Å². The molecular weight excluding hydrogens is 451 g/mol. The second-order valence-corrected chi connectivity index (χ2v) is 9.46. The molecule has 1 saturated heterocycles. The van der Waals surface area contributed by atoms with Gasteiger partial charge in [-0.2, -0.15) is 5.10 Å². The molecule has 5 aromatic rings. The Balaban J connectivity index is 1.44. The second kappa shape index (κ2) is 7.88. The Kier molecular flexibility index (Phi) is 4.80. The highest BCUT2D eigenvalue weighted by atomic mass is 32.1. The molecule has 0 radical (unpaired) electrons. The van der Waals surface area contributed by atoms with E-state index in [1.54, 1.807) is 33.8 Å². The van der Waals surface area contributed by atoms with Gasteiger partial charge in [-0.1, -0.05) is 6.07 Å². The number of carbonyl (C=O) groups excluding carboxylic acids is 1. The zero-order valence-electron chi connectivity index (χ0n) is 18.4. The van der Waals surface area contributed by atoms with E-state index in [4.69, 9.17) is 5.73 Å². The topological polar surface area (TPSA) is 89.9 Å². The van der Waals surface area contributed by atoms with Crippen molar-refractivity contribution < 1.29 is 9.18 Å². The van der Waals surface area contributed by atoms with E-state index in [1.807, 2.05) is 42.3 Å². The zero-order valence-corrected chi connectivity index (χ0v) is 19.2. The molecule has 1 atom stereocenters. The molecule has 170 valence electrons. The first-order chi connectivity index (χ1) is 16.5. The van der Waals surface area contributed by atoms with Crippen molar-refractivity contribution in [3.05, 3.63) is 71.1 Å². The van der Waals surface area contributed by atoms with Crippen LogP contribution >= 0.6 is 11.3 Å². The van der Waals surface area contributed by atoms with E-state index in [9.17, 15) is 9.18 Å². The van der Waals surface area contributed by atoms with Crippen LogP contribution in [0.5, 0.6) is 0 Å². The molecule has 1 aliphatic rings. The number of piperidine rings is 1. The quantitative estimate of drug-likeness (QED) is 0.384. The molecule has 0 saturated carbocycles. The molecule has 9 heteroatoms. The Morgan fingerprint density at radius 1 is 1.21 bits per heavy atom. The Morgan fingerprint density at radius 3 is 2.94 bits per heavy atom. The number of benzene rings is 2. The summed E-state index contributed by atoms with van der Waals surface area (Å²) in [7, 11) is 1.84. The molecule has 1 fully saturated rings. The van der Waals surface area contributed by atoms with Crippen LogP contribution in [-0.4, -0.2) is 37.1 Å². The van der Waals surface area contributed by atoms with Gasteiger partial charge in [0.25, 0.3) is 5.91 Å². The lowest BCUT2D eigenvalue weighted by Gasteiger charge is -2.37. The minimum atomic E-state index is -0.272. The van der Waals surface area contributed by atoms with Crippen LogP contribution in [0.15, 0.2) is 60.0 Å². The normalized spacial score (nSPS) is 17.9. The van der Waals surface area contributed by atoms with Gasteiger partial charge in [-0.05, 0) is 54.3 Å². The van der Waals surface area contributed by atoms with Crippen molar-refractivity contribution in [3.8, 4) is 0 Å². The van der Waals surface area contributed by atoms with Gasteiger partial charge in [-0.3, -0.25) is 9.48 Å². The average molecular weight is 473 g/mol. The SMILES string of the molecule is Cn1ncc2c(N)nc3ccc(C(=O)N4CC/C(=C/F)CC4c4ccc5scnc5c4)cc3c21. The number of aromatic nitrogens is 4. The van der Waals surface area contributed by atoms with Crippen molar-refractivity contribution in [2.24, 2.45) is 7.05 Å². The minimum absolute atomic E-state index is 0.102. The number of pyridine rings is 1. The summed E-state index contributed by atoms with van der Waals surface area (Å²) >= 11 is 1.57. The molecule has 2 aromatic carbocycles. The van der Waals surface area contributed by atoms with Crippen molar-refractivity contribution in [3.63, 3.8) is 0 Å². The lowest BCUT2D eigenvalue weighted by molar-refractivity contribution is 0.0647. The number of hydrogen-bond donors (Lipinski definition) is 1. The fourth-order valence-corrected chi connectivity index (χ4v) is 5.52. The van der Waals surface area contributed by atoms with Gasteiger partial charge in [0.15, 0.2) is 0 Å². The van der Waals surface area contributed by atoms with Gasteiger partial charge >= 0.3 is 0 Å². The molecule has 1 aliphatic heterocycles. The maximum atomic E-state index is 13.8. The van der Waals surface area contributed by atoms with E-state index >= 15 is 0 Å². The third kappa shape index (κ3) is 3.23. The molecule has 7 nitrogen and oxygen atoms in total. The van der Waals surface area contributed by atoms with Crippen LogP contribution < -0.4 is 5.73 Å². The molecule has 0 bridgehead atoms. The van der Waals surface area contributed by atoms with E-state index in [1.165, 1.54) is 0 Å². The summed E-state index contributed by atoms with van der Waals surface area (Å²) in [6.45, 7) is 0.438. The second-order valence-electron chi connectivity index (χ2n) is 8.57. The Bertz CT molecular complexity index is 1620. The van der Waals surface area contributed by atoms with Crippen LogP contribution in [-0.2, 0) is 7.05 Å². The molecule has 0 aliphatic carbocycles. The minimum Gasteiger partial charge on any atom is -0.383 e. The maximum Gasteiger partial charge on any atom is 0.254 e. The van der Waals surface area contributed by atoms with E-state index in [-0.39, 0.29) is 11.9 Å². The number of thiazole rings is 1. The standard InChI is InChI=1S/C25H21FN6OS/c1-31-23-17-9-16(2-4-19(17)30-24(27)18(23)12-29-31)25(33)32-7-6-14(11-26)8-21(32)15-3-5-22-20(10-15)28-13-34-22/h2-5,9-13,21H,6-8H2,1H3,(H2,27,30)/b14-11-. The van der Waals surface area contributed by atoms with Crippen molar-refractivity contribution in [2.45, 2.75) is 18.9 Å². The summed E-state index contributed by atoms with van der Waals surface area (Å²) in [6.07, 6.45) is 3.33. The number of anilines is 1. The van der Waals surface area contributed by atoms with Crippen molar-refractivity contribution in [2.75, 3.05) is 12.3 Å². The fourth-order valence-electron chi connectivity index (χ4n) is 4.86. The number of carbonyl (C=O) groups is 1. The van der Waals surface area contributed by atoms with Crippen LogP contribution in [0.25, 0.3) is 32.0 Å². The highest BCUT2D eigenvalue weighted by Gasteiger charge is 2.31. The summed E-state index contributed by atoms with van der Waals surface area (Å²) in [5.41, 5.74) is 12.6. The Morgan fingerprint density at radius 2 is 2.09 bits per heavy atom. The maximum absolute atomic E-state index is 13.8. The van der Waals surface area contributed by atoms with E-state index < -0.39 is 0 Å². The summed E-state index contributed by atoms with van der Waals surface area (Å²) in [6, 6.07) is 11.2. The van der Waals surface area contributed by atoms with Gasteiger partial charge in [0.05, 0.1) is 50.7 Å². The number of aryl methyl sites for hydroxylation is 1. The number of fused-ring (bicyclic) bond motifs is 4. The molecule has 6 rings (SSSR count). The van der Waals surface area contributed by atoms with Gasteiger partial charge < -0.3 is 10.6 Å². The smallest absolute Gasteiger partial charge is 0.254 e. The van der Waals surface area contributed by atoms with Gasteiger partial charge in [-0.25, -0.2) is 14.4 Å². The van der Waals surface area contributed by atoms with Crippen LogP contribution in [0, 0.1) is 0 Å². The molecule has 1 amide bonds. The lowest BCUT2D eigenvalue weighted by Crippen LogP contribution is -2.39.